The molecule has 3 saturated carbocycles. The van der Waals surface area contributed by atoms with Crippen molar-refractivity contribution in [2.75, 3.05) is 6.26 Å². The van der Waals surface area contributed by atoms with Crippen LogP contribution in [0.15, 0.2) is 0 Å². The summed E-state index contributed by atoms with van der Waals surface area (Å²) in [5, 5.41) is -0.265. The topological polar surface area (TPSA) is 51.2 Å². The molecule has 4 heteroatoms. The normalized spacial score (nSPS) is 43.5. The van der Waals surface area contributed by atoms with Crippen molar-refractivity contribution in [1.82, 2.24) is 0 Å². The standard InChI is InChI=1S/C14H22O3S/c1-18(16,17)10-5-2-4-9(8-10)14(15)13-11-6-3-7-12(11)13/h9-13H,2-8H2,1H3. The van der Waals surface area contributed by atoms with Crippen molar-refractivity contribution in [2.24, 2.45) is 23.7 Å². The first kappa shape index (κ1) is 12.6. The molecule has 4 unspecified atom stereocenters. The van der Waals surface area contributed by atoms with E-state index in [4.69, 9.17) is 0 Å². The van der Waals surface area contributed by atoms with Gasteiger partial charge in [-0.3, -0.25) is 4.79 Å². The Bertz CT molecular complexity index is 444. The predicted octanol–water partition coefficient (Wildman–Crippen LogP) is 2.21. The molecule has 3 rings (SSSR count). The quantitative estimate of drug-likeness (QED) is 0.790. The summed E-state index contributed by atoms with van der Waals surface area (Å²) >= 11 is 0. The fraction of sp³-hybridized carbons (Fsp3) is 0.929. The SMILES string of the molecule is CS(=O)(=O)C1CCCC(C(=O)C2C3CCCC32)C1. The van der Waals surface area contributed by atoms with Gasteiger partial charge in [-0.05, 0) is 43.9 Å². The number of ketones is 1. The van der Waals surface area contributed by atoms with Gasteiger partial charge < -0.3 is 0 Å². The van der Waals surface area contributed by atoms with Gasteiger partial charge >= 0.3 is 0 Å². The molecule has 0 heterocycles. The van der Waals surface area contributed by atoms with Crippen molar-refractivity contribution in [1.29, 1.82) is 0 Å². The maximum Gasteiger partial charge on any atom is 0.150 e. The van der Waals surface area contributed by atoms with Gasteiger partial charge in [0.05, 0.1) is 5.25 Å². The van der Waals surface area contributed by atoms with Crippen molar-refractivity contribution >= 4 is 15.6 Å². The lowest BCUT2D eigenvalue weighted by atomic mass is 9.83. The fourth-order valence-electron chi connectivity index (χ4n) is 4.31. The summed E-state index contributed by atoms with van der Waals surface area (Å²) in [5.41, 5.74) is 0. The first-order chi connectivity index (χ1) is 8.48. The molecule has 0 N–H and O–H groups in total. The van der Waals surface area contributed by atoms with Gasteiger partial charge in [-0.2, -0.15) is 0 Å². The number of fused-ring (bicyclic) bond motifs is 1. The Balaban J connectivity index is 1.64. The first-order valence-electron chi connectivity index (χ1n) is 7.21. The molecule has 0 aromatic carbocycles. The lowest BCUT2D eigenvalue weighted by molar-refractivity contribution is -0.125. The molecule has 3 fully saturated rings. The second kappa shape index (κ2) is 4.32. The predicted molar refractivity (Wildman–Crippen MR) is 69.9 cm³/mol. The van der Waals surface area contributed by atoms with Crippen LogP contribution in [-0.2, 0) is 14.6 Å². The van der Waals surface area contributed by atoms with Gasteiger partial charge in [0.15, 0.2) is 0 Å². The molecule has 0 amide bonds. The van der Waals surface area contributed by atoms with Crippen molar-refractivity contribution < 1.29 is 13.2 Å². The van der Waals surface area contributed by atoms with E-state index < -0.39 is 9.84 Å². The number of sulfone groups is 1. The minimum absolute atomic E-state index is 0.0362. The van der Waals surface area contributed by atoms with Crippen molar-refractivity contribution in [3.05, 3.63) is 0 Å². The van der Waals surface area contributed by atoms with Crippen LogP contribution in [0.5, 0.6) is 0 Å². The summed E-state index contributed by atoms with van der Waals surface area (Å²) in [7, 11) is -2.97. The monoisotopic (exact) mass is 270 g/mol. The number of Topliss-reactive ketones (excluding diaryl/α,β-unsaturated/α-hetero) is 1. The van der Waals surface area contributed by atoms with Gasteiger partial charge in [-0.15, -0.1) is 0 Å². The van der Waals surface area contributed by atoms with Crippen LogP contribution in [-0.4, -0.2) is 25.7 Å². The van der Waals surface area contributed by atoms with Crippen molar-refractivity contribution in [2.45, 2.75) is 50.2 Å². The van der Waals surface area contributed by atoms with E-state index in [2.05, 4.69) is 0 Å². The third-order valence-electron chi connectivity index (χ3n) is 5.37. The lowest BCUT2D eigenvalue weighted by Gasteiger charge is -2.27. The fourth-order valence-corrected chi connectivity index (χ4v) is 5.48. The van der Waals surface area contributed by atoms with E-state index in [0.29, 0.717) is 30.0 Å². The molecule has 0 aromatic rings. The smallest absolute Gasteiger partial charge is 0.150 e. The number of hydrogen-bond acceptors (Lipinski definition) is 3. The summed E-state index contributed by atoms with van der Waals surface area (Å²) in [4.78, 5) is 12.5. The van der Waals surface area contributed by atoms with Crippen LogP contribution < -0.4 is 0 Å². The maximum atomic E-state index is 12.5. The summed E-state index contributed by atoms with van der Waals surface area (Å²) < 4.78 is 23.2. The molecular weight excluding hydrogens is 248 g/mol. The van der Waals surface area contributed by atoms with Crippen LogP contribution in [0.1, 0.15) is 44.9 Å². The zero-order valence-electron chi connectivity index (χ0n) is 11.0. The van der Waals surface area contributed by atoms with Gasteiger partial charge in [0, 0.05) is 18.1 Å². The number of hydrogen-bond donors (Lipinski definition) is 0. The molecular formula is C14H22O3S. The highest BCUT2D eigenvalue weighted by atomic mass is 32.2. The third kappa shape index (κ3) is 2.13. The molecule has 0 aromatic heterocycles. The van der Waals surface area contributed by atoms with Gasteiger partial charge in [-0.1, -0.05) is 12.8 Å². The van der Waals surface area contributed by atoms with E-state index in [9.17, 15) is 13.2 Å². The summed E-state index contributed by atoms with van der Waals surface area (Å²) in [5.74, 6) is 2.07. The zero-order valence-corrected chi connectivity index (χ0v) is 11.8. The Hall–Kier alpha value is -0.380. The van der Waals surface area contributed by atoms with Gasteiger partial charge in [0.2, 0.25) is 0 Å². The van der Waals surface area contributed by atoms with Crippen molar-refractivity contribution in [3.8, 4) is 0 Å². The van der Waals surface area contributed by atoms with E-state index in [0.717, 1.165) is 19.3 Å². The average molecular weight is 270 g/mol. The van der Waals surface area contributed by atoms with E-state index in [1.165, 1.54) is 25.5 Å². The summed E-state index contributed by atoms with van der Waals surface area (Å²) in [6.45, 7) is 0. The number of rotatable bonds is 3. The minimum atomic E-state index is -2.97. The van der Waals surface area contributed by atoms with Crippen LogP contribution in [0.3, 0.4) is 0 Å². The van der Waals surface area contributed by atoms with Crippen molar-refractivity contribution in [3.63, 3.8) is 0 Å². The Kier molecular flexibility index (Phi) is 3.04. The van der Waals surface area contributed by atoms with Gasteiger partial charge in [0.1, 0.15) is 15.6 Å². The molecule has 0 bridgehead atoms. The molecule has 3 aliphatic rings. The molecule has 3 nitrogen and oxygen atoms in total. The molecule has 4 atom stereocenters. The van der Waals surface area contributed by atoms with E-state index >= 15 is 0 Å². The molecule has 3 aliphatic carbocycles. The van der Waals surface area contributed by atoms with Crippen LogP contribution in [0.25, 0.3) is 0 Å². The molecule has 0 radical (unpaired) electrons. The highest BCUT2D eigenvalue weighted by Crippen LogP contribution is 2.59. The number of carbonyl (C=O) groups excluding carboxylic acids is 1. The Morgan fingerprint density at radius 3 is 2.22 bits per heavy atom. The molecule has 18 heavy (non-hydrogen) atoms. The number of carbonyl (C=O) groups is 1. The van der Waals surface area contributed by atoms with Crippen LogP contribution >= 0.6 is 0 Å². The van der Waals surface area contributed by atoms with Crippen LogP contribution in [0.2, 0.25) is 0 Å². The maximum absolute atomic E-state index is 12.5. The Morgan fingerprint density at radius 1 is 1.00 bits per heavy atom. The summed E-state index contributed by atoms with van der Waals surface area (Å²) in [6, 6.07) is 0. The molecule has 0 aliphatic heterocycles. The minimum Gasteiger partial charge on any atom is -0.299 e. The first-order valence-corrected chi connectivity index (χ1v) is 9.16. The van der Waals surface area contributed by atoms with Gasteiger partial charge in [0.25, 0.3) is 0 Å². The van der Waals surface area contributed by atoms with E-state index in [1.54, 1.807) is 0 Å². The van der Waals surface area contributed by atoms with Crippen LogP contribution in [0, 0.1) is 23.7 Å². The zero-order chi connectivity index (χ0) is 12.9. The average Bonchev–Trinajstić information content (AvgIpc) is 2.80. The second-order valence-corrected chi connectivity index (χ2v) is 8.83. The summed E-state index contributed by atoms with van der Waals surface area (Å²) in [6.07, 6.45) is 8.21. The van der Waals surface area contributed by atoms with E-state index in [-0.39, 0.29) is 11.2 Å². The van der Waals surface area contributed by atoms with Gasteiger partial charge in [-0.25, -0.2) is 8.42 Å². The largest absolute Gasteiger partial charge is 0.299 e. The molecule has 0 saturated heterocycles. The van der Waals surface area contributed by atoms with E-state index in [1.807, 2.05) is 0 Å². The molecule has 0 spiro atoms. The van der Waals surface area contributed by atoms with Crippen LogP contribution in [0.4, 0.5) is 0 Å². The second-order valence-electron chi connectivity index (χ2n) is 6.50. The lowest BCUT2D eigenvalue weighted by Crippen LogP contribution is -2.32. The third-order valence-corrected chi connectivity index (χ3v) is 7.01. The molecule has 102 valence electrons. The Labute approximate surface area is 109 Å². The highest BCUT2D eigenvalue weighted by Gasteiger charge is 2.57. The Morgan fingerprint density at radius 2 is 1.61 bits per heavy atom. The highest BCUT2D eigenvalue weighted by molar-refractivity contribution is 7.91.